The van der Waals surface area contributed by atoms with Gasteiger partial charge in [0.05, 0.1) is 11.1 Å². The number of hydrogen-bond donors (Lipinski definition) is 1. The molecule has 1 unspecified atom stereocenters. The van der Waals surface area contributed by atoms with Crippen molar-refractivity contribution < 1.29 is 9.13 Å². The number of ether oxygens (including phenoxy) is 1. The molecule has 0 fully saturated rings. The second-order valence-corrected chi connectivity index (χ2v) is 4.54. The first-order valence-corrected chi connectivity index (χ1v) is 6.13. The zero-order valence-electron chi connectivity index (χ0n) is 9.59. The van der Waals surface area contributed by atoms with Crippen molar-refractivity contribution in [3.8, 4) is 0 Å². The van der Waals surface area contributed by atoms with E-state index in [0.29, 0.717) is 23.7 Å². The maximum Gasteiger partial charge on any atom is 0.137 e. The molecule has 0 aromatic heterocycles. The van der Waals surface area contributed by atoms with Crippen LogP contribution in [0, 0.1) is 5.82 Å². The number of methoxy groups -OCH3 is 1. The van der Waals surface area contributed by atoms with Crippen molar-refractivity contribution in [2.75, 3.05) is 13.7 Å². The molecule has 1 rings (SSSR count). The lowest BCUT2D eigenvalue weighted by atomic mass is 10.2. The minimum atomic E-state index is -0.223. The first-order chi connectivity index (χ1) is 7.67. The first-order valence-electron chi connectivity index (χ1n) is 5.33. The molecule has 0 bridgehead atoms. The summed E-state index contributed by atoms with van der Waals surface area (Å²) in [5.41, 5.74) is 0.940. The van der Waals surface area contributed by atoms with Gasteiger partial charge in [-0.1, -0.05) is 13.0 Å². The Morgan fingerprint density at radius 3 is 2.81 bits per heavy atom. The van der Waals surface area contributed by atoms with Gasteiger partial charge >= 0.3 is 0 Å². The van der Waals surface area contributed by atoms with Crippen LogP contribution >= 0.6 is 15.9 Å². The maximum atomic E-state index is 13.2. The molecule has 16 heavy (non-hydrogen) atoms. The van der Waals surface area contributed by atoms with Crippen LogP contribution in [0.15, 0.2) is 22.7 Å². The molecular formula is C12H17BrFNO. The Morgan fingerprint density at radius 2 is 2.25 bits per heavy atom. The molecule has 0 aliphatic rings. The van der Waals surface area contributed by atoms with Crippen LogP contribution in [0.1, 0.15) is 18.9 Å². The third kappa shape index (κ3) is 4.20. The molecule has 0 aliphatic carbocycles. The highest BCUT2D eigenvalue weighted by Crippen LogP contribution is 2.16. The van der Waals surface area contributed by atoms with Gasteiger partial charge in [-0.3, -0.25) is 0 Å². The summed E-state index contributed by atoms with van der Waals surface area (Å²) in [5.74, 6) is -0.223. The topological polar surface area (TPSA) is 21.3 Å². The van der Waals surface area contributed by atoms with Crippen molar-refractivity contribution in [1.29, 1.82) is 0 Å². The predicted octanol–water partition coefficient (Wildman–Crippen LogP) is 3.10. The van der Waals surface area contributed by atoms with Crippen molar-refractivity contribution in [2.24, 2.45) is 0 Å². The van der Waals surface area contributed by atoms with Gasteiger partial charge in [-0.25, -0.2) is 4.39 Å². The zero-order valence-corrected chi connectivity index (χ0v) is 11.2. The van der Waals surface area contributed by atoms with Crippen LogP contribution in [-0.2, 0) is 11.3 Å². The van der Waals surface area contributed by atoms with E-state index in [0.717, 1.165) is 12.0 Å². The minimum Gasteiger partial charge on any atom is -0.383 e. The van der Waals surface area contributed by atoms with Gasteiger partial charge < -0.3 is 10.1 Å². The fraction of sp³-hybridized carbons (Fsp3) is 0.500. The molecule has 0 radical (unpaired) electrons. The summed E-state index contributed by atoms with van der Waals surface area (Å²) in [6, 6.07) is 5.48. The van der Waals surface area contributed by atoms with Crippen LogP contribution in [0.4, 0.5) is 4.39 Å². The van der Waals surface area contributed by atoms with E-state index in [-0.39, 0.29) is 5.82 Å². The monoisotopic (exact) mass is 289 g/mol. The average molecular weight is 290 g/mol. The van der Waals surface area contributed by atoms with Crippen molar-refractivity contribution in [3.63, 3.8) is 0 Å². The van der Waals surface area contributed by atoms with Crippen molar-refractivity contribution in [2.45, 2.75) is 25.9 Å². The van der Waals surface area contributed by atoms with Gasteiger partial charge in [-0.15, -0.1) is 0 Å². The fourth-order valence-corrected chi connectivity index (χ4v) is 1.68. The quantitative estimate of drug-likeness (QED) is 0.869. The zero-order chi connectivity index (χ0) is 12.0. The van der Waals surface area contributed by atoms with Gasteiger partial charge in [0.1, 0.15) is 5.82 Å². The van der Waals surface area contributed by atoms with Crippen molar-refractivity contribution in [3.05, 3.63) is 34.1 Å². The van der Waals surface area contributed by atoms with Crippen molar-refractivity contribution >= 4 is 15.9 Å². The third-order valence-electron chi connectivity index (χ3n) is 2.44. The van der Waals surface area contributed by atoms with Gasteiger partial charge in [0.2, 0.25) is 0 Å². The molecule has 0 saturated carbocycles. The van der Waals surface area contributed by atoms with Gasteiger partial charge in [0.15, 0.2) is 0 Å². The Morgan fingerprint density at radius 1 is 1.50 bits per heavy atom. The second-order valence-electron chi connectivity index (χ2n) is 3.69. The molecule has 0 heterocycles. The summed E-state index contributed by atoms with van der Waals surface area (Å²) in [5, 5.41) is 3.33. The van der Waals surface area contributed by atoms with Gasteiger partial charge in [0, 0.05) is 19.7 Å². The lowest BCUT2D eigenvalue weighted by Gasteiger charge is -2.15. The van der Waals surface area contributed by atoms with Crippen LogP contribution in [-0.4, -0.2) is 19.8 Å². The average Bonchev–Trinajstić information content (AvgIpc) is 2.28. The lowest BCUT2D eigenvalue weighted by molar-refractivity contribution is 0.164. The largest absolute Gasteiger partial charge is 0.383 e. The van der Waals surface area contributed by atoms with Crippen LogP contribution in [0.5, 0.6) is 0 Å². The summed E-state index contributed by atoms with van der Waals surface area (Å²) < 4.78 is 18.8. The molecule has 1 N–H and O–H groups in total. The third-order valence-corrected chi connectivity index (χ3v) is 3.08. The second kappa shape index (κ2) is 6.99. The Labute approximate surface area is 104 Å². The van der Waals surface area contributed by atoms with E-state index in [1.165, 1.54) is 6.07 Å². The number of halogens is 2. The SMILES string of the molecule is CCC(COC)NCc1ccc(Br)c(F)c1. The van der Waals surface area contributed by atoms with E-state index in [4.69, 9.17) is 4.74 Å². The van der Waals surface area contributed by atoms with Crippen molar-refractivity contribution in [1.82, 2.24) is 5.32 Å². The highest BCUT2D eigenvalue weighted by Gasteiger charge is 2.06. The molecule has 0 saturated heterocycles. The Kier molecular flexibility index (Phi) is 5.95. The molecule has 90 valence electrons. The van der Waals surface area contributed by atoms with Crippen LogP contribution < -0.4 is 5.32 Å². The molecule has 0 amide bonds. The Balaban J connectivity index is 2.50. The van der Waals surface area contributed by atoms with Gasteiger partial charge in [-0.05, 0) is 40.0 Å². The number of nitrogens with one attached hydrogen (secondary N) is 1. The summed E-state index contributed by atoms with van der Waals surface area (Å²) in [6.07, 6.45) is 0.993. The van der Waals surface area contributed by atoms with Crippen LogP contribution in [0.25, 0.3) is 0 Å². The predicted molar refractivity (Wildman–Crippen MR) is 66.9 cm³/mol. The lowest BCUT2D eigenvalue weighted by Crippen LogP contribution is -2.32. The molecule has 0 aliphatic heterocycles. The molecule has 1 aromatic carbocycles. The Bertz CT molecular complexity index is 333. The number of benzene rings is 1. The van der Waals surface area contributed by atoms with Gasteiger partial charge in [-0.2, -0.15) is 0 Å². The van der Waals surface area contributed by atoms with E-state index in [9.17, 15) is 4.39 Å². The molecule has 1 aromatic rings. The van der Waals surface area contributed by atoms with E-state index >= 15 is 0 Å². The first kappa shape index (κ1) is 13.6. The standard InChI is InChI=1S/C12H17BrFNO/c1-3-10(8-16-2)15-7-9-4-5-11(13)12(14)6-9/h4-6,10,15H,3,7-8H2,1-2H3. The Hall–Kier alpha value is -0.450. The van der Waals surface area contributed by atoms with Gasteiger partial charge in [0.25, 0.3) is 0 Å². The van der Waals surface area contributed by atoms with Crippen LogP contribution in [0.2, 0.25) is 0 Å². The molecule has 2 nitrogen and oxygen atoms in total. The maximum absolute atomic E-state index is 13.2. The molecule has 4 heteroatoms. The highest BCUT2D eigenvalue weighted by molar-refractivity contribution is 9.10. The number of rotatable bonds is 6. The van der Waals surface area contributed by atoms with Crippen LogP contribution in [0.3, 0.4) is 0 Å². The normalized spacial score (nSPS) is 12.8. The van der Waals surface area contributed by atoms with E-state index in [2.05, 4.69) is 28.2 Å². The molecule has 1 atom stereocenters. The molecule has 0 spiro atoms. The minimum absolute atomic E-state index is 0.223. The summed E-state index contributed by atoms with van der Waals surface area (Å²) in [6.45, 7) is 3.43. The van der Waals surface area contributed by atoms with E-state index in [1.807, 2.05) is 6.07 Å². The summed E-state index contributed by atoms with van der Waals surface area (Å²) in [4.78, 5) is 0. The fourth-order valence-electron chi connectivity index (χ4n) is 1.43. The number of hydrogen-bond acceptors (Lipinski definition) is 2. The summed E-state index contributed by atoms with van der Waals surface area (Å²) in [7, 11) is 1.68. The van der Waals surface area contributed by atoms with E-state index in [1.54, 1.807) is 13.2 Å². The highest BCUT2D eigenvalue weighted by atomic mass is 79.9. The smallest absolute Gasteiger partial charge is 0.137 e. The summed E-state index contributed by atoms with van der Waals surface area (Å²) >= 11 is 3.13. The molecular weight excluding hydrogens is 273 g/mol. The van der Waals surface area contributed by atoms with E-state index < -0.39 is 0 Å².